The number of nitrogens with zero attached hydrogens (tertiary/aromatic N) is 2. The number of hydrogen-bond acceptors (Lipinski definition) is 5. The third kappa shape index (κ3) is 4.01. The molecule has 0 saturated carbocycles. The van der Waals surface area contributed by atoms with Crippen molar-refractivity contribution in [3.63, 3.8) is 0 Å². The Labute approximate surface area is 162 Å². The molecule has 3 aromatic rings. The number of ether oxygens (including phenoxy) is 2. The molecule has 2 aromatic carbocycles. The van der Waals surface area contributed by atoms with Crippen molar-refractivity contribution in [3.8, 4) is 5.75 Å². The summed E-state index contributed by atoms with van der Waals surface area (Å²) in [6, 6.07) is 15.5. The topological polar surface area (TPSA) is 53.3 Å². The Hall–Kier alpha value is -2.31. The first-order valence-corrected chi connectivity index (χ1v) is 10.1. The maximum atomic E-state index is 13.1. The van der Waals surface area contributed by atoms with Crippen LogP contribution >= 0.6 is 11.8 Å². The van der Waals surface area contributed by atoms with Gasteiger partial charge in [-0.05, 0) is 42.7 Å². The van der Waals surface area contributed by atoms with Crippen molar-refractivity contribution in [1.82, 2.24) is 9.55 Å². The largest absolute Gasteiger partial charge is 0.497 e. The Morgan fingerprint density at radius 3 is 2.78 bits per heavy atom. The van der Waals surface area contributed by atoms with Gasteiger partial charge in [0.25, 0.3) is 5.56 Å². The van der Waals surface area contributed by atoms with Crippen molar-refractivity contribution >= 4 is 22.7 Å². The van der Waals surface area contributed by atoms with E-state index < -0.39 is 0 Å². The maximum Gasteiger partial charge on any atom is 0.262 e. The predicted octanol–water partition coefficient (Wildman–Crippen LogP) is 3.88. The Balaban J connectivity index is 1.65. The van der Waals surface area contributed by atoms with Gasteiger partial charge in [-0.2, -0.15) is 0 Å². The maximum absolute atomic E-state index is 13.1. The zero-order valence-corrected chi connectivity index (χ0v) is 16.1. The molecule has 0 radical (unpaired) electrons. The average Bonchev–Trinajstić information content (AvgIpc) is 3.22. The van der Waals surface area contributed by atoms with E-state index in [9.17, 15) is 4.79 Å². The van der Waals surface area contributed by atoms with Crippen LogP contribution in [0.25, 0.3) is 10.9 Å². The van der Waals surface area contributed by atoms with Gasteiger partial charge in [-0.1, -0.05) is 36.0 Å². The molecule has 0 spiro atoms. The number of rotatable bonds is 6. The second-order valence-corrected chi connectivity index (χ2v) is 7.54. The summed E-state index contributed by atoms with van der Waals surface area (Å²) in [5, 5.41) is 1.40. The molecule has 1 fully saturated rings. The highest BCUT2D eigenvalue weighted by Gasteiger charge is 2.20. The summed E-state index contributed by atoms with van der Waals surface area (Å²) in [5.74, 6) is 1.57. The van der Waals surface area contributed by atoms with E-state index in [-0.39, 0.29) is 11.7 Å². The molecule has 6 heteroatoms. The van der Waals surface area contributed by atoms with Crippen LogP contribution in [-0.2, 0) is 17.0 Å². The lowest BCUT2D eigenvalue weighted by atomic mass is 10.2. The Morgan fingerprint density at radius 1 is 1.22 bits per heavy atom. The lowest BCUT2D eigenvalue weighted by Gasteiger charge is -2.16. The lowest BCUT2D eigenvalue weighted by Crippen LogP contribution is -2.28. The van der Waals surface area contributed by atoms with Crippen LogP contribution in [0.5, 0.6) is 5.75 Å². The summed E-state index contributed by atoms with van der Waals surface area (Å²) < 4.78 is 12.8. The molecular formula is C21H22N2O3S. The number of thioether (sulfide) groups is 1. The monoisotopic (exact) mass is 382 g/mol. The van der Waals surface area contributed by atoms with E-state index in [4.69, 9.17) is 14.5 Å². The molecule has 27 heavy (non-hydrogen) atoms. The SMILES string of the molecule is COc1ccc(CSc2nc3ccccc3c(=O)n2C[C@@H]2CCCO2)cc1. The first-order chi connectivity index (χ1) is 13.2. The van der Waals surface area contributed by atoms with Gasteiger partial charge in [0.2, 0.25) is 0 Å². The average molecular weight is 382 g/mol. The van der Waals surface area contributed by atoms with E-state index in [1.54, 1.807) is 23.4 Å². The van der Waals surface area contributed by atoms with Crippen LogP contribution in [0.1, 0.15) is 18.4 Å². The van der Waals surface area contributed by atoms with E-state index in [0.29, 0.717) is 11.9 Å². The van der Waals surface area contributed by atoms with Crippen LogP contribution in [0.4, 0.5) is 0 Å². The number of benzene rings is 2. The standard InChI is InChI=1S/C21H22N2O3S/c1-25-16-10-8-15(9-11-16)14-27-21-22-19-7-3-2-6-18(19)20(24)23(21)13-17-5-4-12-26-17/h2-3,6-11,17H,4-5,12-14H2,1H3/t17-/m0/s1. The molecule has 0 aliphatic carbocycles. The van der Waals surface area contributed by atoms with Crippen LogP contribution in [0.2, 0.25) is 0 Å². The smallest absolute Gasteiger partial charge is 0.262 e. The summed E-state index contributed by atoms with van der Waals surface area (Å²) in [5.41, 5.74) is 1.91. The fourth-order valence-electron chi connectivity index (χ4n) is 3.28. The number of methoxy groups -OCH3 is 1. The summed E-state index contributed by atoms with van der Waals surface area (Å²) in [6.07, 6.45) is 2.13. The van der Waals surface area contributed by atoms with Gasteiger partial charge in [-0.15, -0.1) is 0 Å². The lowest BCUT2D eigenvalue weighted by molar-refractivity contribution is 0.0937. The van der Waals surface area contributed by atoms with Gasteiger partial charge in [-0.3, -0.25) is 9.36 Å². The molecule has 0 N–H and O–H groups in total. The fourth-order valence-corrected chi connectivity index (χ4v) is 4.24. The zero-order chi connectivity index (χ0) is 18.6. The Bertz CT molecular complexity index is 979. The molecule has 5 nitrogen and oxygen atoms in total. The van der Waals surface area contributed by atoms with Crippen LogP contribution in [0.3, 0.4) is 0 Å². The highest BCUT2D eigenvalue weighted by atomic mass is 32.2. The summed E-state index contributed by atoms with van der Waals surface area (Å²) >= 11 is 1.58. The third-order valence-electron chi connectivity index (χ3n) is 4.76. The molecule has 1 atom stereocenters. The van der Waals surface area contributed by atoms with Crippen molar-refractivity contribution < 1.29 is 9.47 Å². The molecule has 1 aromatic heterocycles. The quantitative estimate of drug-likeness (QED) is 0.478. The van der Waals surface area contributed by atoms with Gasteiger partial charge < -0.3 is 9.47 Å². The van der Waals surface area contributed by atoms with Crippen LogP contribution < -0.4 is 10.3 Å². The van der Waals surface area contributed by atoms with E-state index in [1.807, 2.05) is 48.5 Å². The van der Waals surface area contributed by atoms with Gasteiger partial charge in [0.05, 0.1) is 30.7 Å². The van der Waals surface area contributed by atoms with Gasteiger partial charge in [0.1, 0.15) is 5.75 Å². The highest BCUT2D eigenvalue weighted by Crippen LogP contribution is 2.25. The molecule has 1 saturated heterocycles. The van der Waals surface area contributed by atoms with E-state index in [2.05, 4.69) is 0 Å². The Kier molecular flexibility index (Phi) is 5.45. The number of aromatic nitrogens is 2. The zero-order valence-electron chi connectivity index (χ0n) is 15.3. The molecule has 0 bridgehead atoms. The second kappa shape index (κ2) is 8.15. The molecule has 0 unspecified atom stereocenters. The van der Waals surface area contributed by atoms with Crippen molar-refractivity contribution in [2.75, 3.05) is 13.7 Å². The van der Waals surface area contributed by atoms with Crippen LogP contribution in [0, 0.1) is 0 Å². The summed E-state index contributed by atoms with van der Waals surface area (Å²) in [4.78, 5) is 17.8. The fraction of sp³-hybridized carbons (Fsp3) is 0.333. The van der Waals surface area contributed by atoms with Gasteiger partial charge in [0.15, 0.2) is 5.16 Å². The van der Waals surface area contributed by atoms with Crippen LogP contribution in [-0.4, -0.2) is 29.4 Å². The van der Waals surface area contributed by atoms with Crippen molar-refractivity contribution in [1.29, 1.82) is 0 Å². The normalized spacial score (nSPS) is 16.7. The summed E-state index contributed by atoms with van der Waals surface area (Å²) in [6.45, 7) is 1.33. The minimum atomic E-state index is 0.00771. The highest BCUT2D eigenvalue weighted by molar-refractivity contribution is 7.98. The number of fused-ring (bicyclic) bond motifs is 1. The molecular weight excluding hydrogens is 360 g/mol. The minimum absolute atomic E-state index is 0.00771. The van der Waals surface area contributed by atoms with Crippen molar-refractivity contribution in [2.45, 2.75) is 36.4 Å². The van der Waals surface area contributed by atoms with E-state index >= 15 is 0 Å². The third-order valence-corrected chi connectivity index (χ3v) is 5.81. The summed E-state index contributed by atoms with van der Waals surface area (Å²) in [7, 11) is 1.66. The minimum Gasteiger partial charge on any atom is -0.497 e. The Morgan fingerprint density at radius 2 is 2.04 bits per heavy atom. The van der Waals surface area contributed by atoms with Gasteiger partial charge >= 0.3 is 0 Å². The van der Waals surface area contributed by atoms with Crippen molar-refractivity contribution in [2.24, 2.45) is 0 Å². The van der Waals surface area contributed by atoms with Gasteiger partial charge in [-0.25, -0.2) is 4.98 Å². The number of para-hydroxylation sites is 1. The molecule has 1 aliphatic rings. The van der Waals surface area contributed by atoms with E-state index in [0.717, 1.165) is 47.2 Å². The number of hydrogen-bond donors (Lipinski definition) is 0. The molecule has 140 valence electrons. The van der Waals surface area contributed by atoms with E-state index in [1.165, 1.54) is 0 Å². The predicted molar refractivity (Wildman–Crippen MR) is 108 cm³/mol. The first-order valence-electron chi connectivity index (χ1n) is 9.11. The van der Waals surface area contributed by atoms with Gasteiger partial charge in [0, 0.05) is 12.4 Å². The first kappa shape index (κ1) is 18.1. The molecule has 2 heterocycles. The second-order valence-electron chi connectivity index (χ2n) is 6.60. The molecule has 0 amide bonds. The van der Waals surface area contributed by atoms with Crippen LogP contribution in [0.15, 0.2) is 58.5 Å². The molecule has 4 rings (SSSR count). The molecule has 1 aliphatic heterocycles. The van der Waals surface area contributed by atoms with Crippen molar-refractivity contribution in [3.05, 3.63) is 64.4 Å².